The molecule has 0 aliphatic rings. The Kier molecular flexibility index (Phi) is 35.8. The minimum Gasteiger partial charge on any atom is -0.481 e. The predicted molar refractivity (Wildman–Crippen MR) is 240 cm³/mol. The molecule has 6 atom stereocenters. The number of phosphoric ester groups is 2. The minimum absolute atomic E-state index is 0.0701. The average molecular weight is 944 g/mol. The highest BCUT2D eigenvalue weighted by molar-refractivity contribution is 8.00. The van der Waals surface area contributed by atoms with Gasteiger partial charge in [0.2, 0.25) is 0 Å². The van der Waals surface area contributed by atoms with Crippen LogP contribution in [-0.4, -0.2) is 110 Å². The Morgan fingerprint density at radius 2 is 1.37 bits per heavy atom. The molecule has 17 nitrogen and oxygen atoms in total. The lowest BCUT2D eigenvalue weighted by atomic mass is 10.0. The molecule has 8 N–H and O–H groups in total. The number of rotatable bonds is 40. The summed E-state index contributed by atoms with van der Waals surface area (Å²) in [5, 5.41) is 29.2. The van der Waals surface area contributed by atoms with Gasteiger partial charge in [-0.15, -0.1) is 11.8 Å². The van der Waals surface area contributed by atoms with E-state index in [2.05, 4.69) is 42.0 Å². The van der Waals surface area contributed by atoms with Crippen LogP contribution in [-0.2, 0) is 46.6 Å². The highest BCUT2D eigenvalue weighted by atomic mass is 32.2. The number of aliphatic hydroxyl groups excluding tert-OH is 2. The third-order valence-corrected chi connectivity index (χ3v) is 11.7. The van der Waals surface area contributed by atoms with E-state index in [0.29, 0.717) is 12.3 Å². The van der Waals surface area contributed by atoms with Gasteiger partial charge < -0.3 is 45.2 Å². The number of aliphatic hydroxyl groups is 2. The molecular weight excluding hydrogens is 868 g/mol. The number of carboxylic acids is 1. The summed E-state index contributed by atoms with van der Waals surface area (Å²) in [5.74, 6) is -1.96. The summed E-state index contributed by atoms with van der Waals surface area (Å²) in [4.78, 5) is 64.5. The molecule has 0 aromatic rings. The van der Waals surface area contributed by atoms with Crippen LogP contribution in [0.2, 0.25) is 0 Å². The maximum Gasteiger partial charge on any atom is 0.472 e. The topological polar surface area (TPSA) is 279 Å². The summed E-state index contributed by atoms with van der Waals surface area (Å²) in [6.45, 7) is 3.34. The molecular formula is C42H75NO16P2S. The number of nitrogens with two attached hydrogens (primary N) is 1. The van der Waals surface area contributed by atoms with Crippen LogP contribution in [0.1, 0.15) is 130 Å². The Morgan fingerprint density at radius 3 is 2.03 bits per heavy atom. The largest absolute Gasteiger partial charge is 0.481 e. The van der Waals surface area contributed by atoms with Crippen LogP contribution in [0.25, 0.3) is 0 Å². The summed E-state index contributed by atoms with van der Waals surface area (Å²) >= 11 is 1.13. The summed E-state index contributed by atoms with van der Waals surface area (Å²) in [6, 6.07) is -1.29. The van der Waals surface area contributed by atoms with E-state index in [1.807, 2.05) is 18.2 Å². The van der Waals surface area contributed by atoms with E-state index in [1.165, 1.54) is 38.5 Å². The second-order valence-corrected chi connectivity index (χ2v) is 19.2. The highest BCUT2D eigenvalue weighted by Gasteiger charge is 2.30. The lowest BCUT2D eigenvalue weighted by Gasteiger charge is -2.23. The molecule has 20 heteroatoms. The molecule has 0 aliphatic heterocycles. The molecule has 62 heavy (non-hydrogen) atoms. The van der Waals surface area contributed by atoms with Crippen molar-refractivity contribution in [3.8, 4) is 0 Å². The quantitative estimate of drug-likeness (QED) is 0.0103. The summed E-state index contributed by atoms with van der Waals surface area (Å²) in [5.41, 5.74) is 6.17. The molecule has 0 saturated heterocycles. The zero-order valence-electron chi connectivity index (χ0n) is 36.8. The van der Waals surface area contributed by atoms with Gasteiger partial charge in [0, 0.05) is 23.8 Å². The molecule has 0 bridgehead atoms. The highest BCUT2D eigenvalue weighted by Crippen LogP contribution is 2.44. The number of hydrogen-bond donors (Lipinski definition) is 7. The molecule has 0 fully saturated rings. The maximum atomic E-state index is 13.2. The van der Waals surface area contributed by atoms with Gasteiger partial charge in [-0.1, -0.05) is 127 Å². The van der Waals surface area contributed by atoms with Crippen molar-refractivity contribution >= 4 is 45.3 Å². The van der Waals surface area contributed by atoms with Gasteiger partial charge >= 0.3 is 33.6 Å². The van der Waals surface area contributed by atoms with Crippen molar-refractivity contribution in [2.75, 3.05) is 32.2 Å². The maximum absolute atomic E-state index is 13.2. The summed E-state index contributed by atoms with van der Waals surface area (Å²) < 4.78 is 47.9. The van der Waals surface area contributed by atoms with Crippen LogP contribution in [0.3, 0.4) is 0 Å². The van der Waals surface area contributed by atoms with Crippen LogP contribution in [0.5, 0.6) is 0 Å². The Bertz CT molecular complexity index is 1420. The number of unbranched alkanes of at least 4 members (excludes halogenated alkanes) is 9. The smallest absolute Gasteiger partial charge is 0.472 e. The summed E-state index contributed by atoms with van der Waals surface area (Å²) in [6.07, 6.45) is 24.9. The van der Waals surface area contributed by atoms with E-state index >= 15 is 0 Å². The predicted octanol–water partition coefficient (Wildman–Crippen LogP) is 7.45. The van der Waals surface area contributed by atoms with Gasteiger partial charge in [0.25, 0.3) is 0 Å². The van der Waals surface area contributed by atoms with Gasteiger partial charge in [0.1, 0.15) is 18.8 Å². The fourth-order valence-corrected chi connectivity index (χ4v) is 7.71. The molecule has 0 aromatic carbocycles. The van der Waals surface area contributed by atoms with Gasteiger partial charge in [-0.05, 0) is 44.4 Å². The molecule has 0 rings (SSSR count). The number of aliphatic carboxylic acids is 1. The lowest BCUT2D eigenvalue weighted by molar-refractivity contribution is -0.161. The van der Waals surface area contributed by atoms with Crippen molar-refractivity contribution in [1.29, 1.82) is 0 Å². The number of hydrogen-bond acceptors (Lipinski definition) is 14. The first-order chi connectivity index (χ1) is 29.3. The Labute approximate surface area is 372 Å². The van der Waals surface area contributed by atoms with Crippen LogP contribution in [0, 0.1) is 5.92 Å². The van der Waals surface area contributed by atoms with E-state index in [1.54, 1.807) is 18.2 Å². The van der Waals surface area contributed by atoms with Crippen LogP contribution in [0.4, 0.5) is 0 Å². The van der Waals surface area contributed by atoms with Crippen molar-refractivity contribution in [3.05, 3.63) is 48.6 Å². The monoisotopic (exact) mass is 943 g/mol. The molecule has 360 valence electrons. The number of ether oxygens (including phenoxy) is 2. The molecule has 0 amide bonds. The number of esters is 2. The SMILES string of the molecule is CCCCC/C=C\C\C=C/C=C/C=C/[C@@H](SC[C@H](N)C(=O)O[C@H](COC(=O)CCCCCCCCCC(C)C)COP(=O)(O)OC[C@@H](O)COP(=O)(O)O)[C@@H](O)CCCC(=O)O. The molecule has 0 radical (unpaired) electrons. The average Bonchev–Trinajstić information content (AvgIpc) is 3.20. The first-order valence-corrected chi connectivity index (χ1v) is 25.7. The zero-order valence-corrected chi connectivity index (χ0v) is 39.4. The number of thioether (sulfide) groups is 1. The Morgan fingerprint density at radius 1 is 0.726 bits per heavy atom. The normalized spacial score (nSPS) is 16.0. The molecule has 0 spiro atoms. The van der Waals surface area contributed by atoms with Gasteiger partial charge in [0.15, 0.2) is 6.10 Å². The first-order valence-electron chi connectivity index (χ1n) is 21.6. The number of carboxylic acid groups (broad SMARTS) is 1. The lowest BCUT2D eigenvalue weighted by Crippen LogP contribution is -2.40. The minimum atomic E-state index is -4.96. The second-order valence-electron chi connectivity index (χ2n) is 15.3. The van der Waals surface area contributed by atoms with Gasteiger partial charge in [-0.25, -0.2) is 9.13 Å². The van der Waals surface area contributed by atoms with E-state index in [-0.39, 0.29) is 31.4 Å². The second kappa shape index (κ2) is 37.1. The van der Waals surface area contributed by atoms with Gasteiger partial charge in [0.05, 0.1) is 25.9 Å². The van der Waals surface area contributed by atoms with Crippen LogP contribution < -0.4 is 5.73 Å². The van der Waals surface area contributed by atoms with E-state index in [0.717, 1.165) is 50.3 Å². The summed E-state index contributed by atoms with van der Waals surface area (Å²) in [7, 11) is -9.89. The molecule has 0 heterocycles. The first kappa shape index (κ1) is 59.8. The molecule has 0 saturated carbocycles. The van der Waals surface area contributed by atoms with Crippen molar-refractivity contribution < 1.29 is 76.6 Å². The van der Waals surface area contributed by atoms with Crippen molar-refractivity contribution in [3.63, 3.8) is 0 Å². The zero-order chi connectivity index (χ0) is 46.7. The van der Waals surface area contributed by atoms with Crippen LogP contribution in [0.15, 0.2) is 48.6 Å². The van der Waals surface area contributed by atoms with Crippen molar-refractivity contribution in [2.24, 2.45) is 11.7 Å². The molecule has 0 aromatic heterocycles. The number of carbonyl (C=O) groups is 3. The number of phosphoric acid groups is 2. The van der Waals surface area contributed by atoms with Crippen LogP contribution >= 0.6 is 27.4 Å². The Balaban J connectivity index is 5.50. The van der Waals surface area contributed by atoms with Crippen molar-refractivity contribution in [1.82, 2.24) is 0 Å². The van der Waals surface area contributed by atoms with Gasteiger partial charge in [-0.2, -0.15) is 0 Å². The third-order valence-electron chi connectivity index (χ3n) is 8.89. The molecule has 0 aliphatic carbocycles. The van der Waals surface area contributed by atoms with Crippen molar-refractivity contribution in [2.45, 2.75) is 160 Å². The standard InChI is InChI=1S/C42H75NO16P2S/c1-4-5-6-7-8-9-10-11-12-15-18-21-26-39(38(45)25-23-27-40(46)47)62-33-37(43)42(49)59-36(32-58-61(53,54)57-30-35(44)29-56-60(50,51)52)31-55-41(48)28-22-19-16-13-14-17-20-24-34(2)3/h8-9,11-12,15,18,21,26,34-39,44-45H,4-7,10,13-14,16-17,19-20,22-25,27-33,43H2,1-3H3,(H,46,47)(H,53,54)(H2,50,51,52)/b9-8-,12-11-,18-15+,26-21+/t35-,36+,37-,38-,39+/m0/s1. The van der Waals surface area contributed by atoms with E-state index in [9.17, 15) is 38.6 Å². The third kappa shape index (κ3) is 38.3. The van der Waals surface area contributed by atoms with Gasteiger partial charge in [-0.3, -0.25) is 28.0 Å². The fourth-order valence-electron chi connectivity index (χ4n) is 5.43. The number of carbonyl (C=O) groups excluding carboxylic acids is 2. The van der Waals surface area contributed by atoms with E-state index < -0.39 is 89.6 Å². The molecule has 1 unspecified atom stereocenters. The number of allylic oxidation sites excluding steroid dienone is 7. The fraction of sp³-hybridized carbons (Fsp3) is 0.738. The Hall–Kier alpha value is -2.18. The van der Waals surface area contributed by atoms with E-state index in [4.69, 9.17) is 34.6 Å².